The molecule has 0 aromatic carbocycles. The lowest BCUT2D eigenvalue weighted by molar-refractivity contribution is -0.151. The van der Waals surface area contributed by atoms with E-state index in [9.17, 15) is 9.59 Å². The van der Waals surface area contributed by atoms with Crippen molar-refractivity contribution in [2.45, 2.75) is 27.0 Å². The molecule has 0 saturated carbocycles. The van der Waals surface area contributed by atoms with E-state index in [1.165, 1.54) is 6.08 Å². The first-order valence-corrected chi connectivity index (χ1v) is 5.95. The van der Waals surface area contributed by atoms with E-state index >= 15 is 0 Å². The van der Waals surface area contributed by atoms with Gasteiger partial charge in [0.15, 0.2) is 6.23 Å². The largest absolute Gasteiger partial charge is 0.458 e. The molecule has 1 unspecified atom stereocenters. The summed E-state index contributed by atoms with van der Waals surface area (Å²) in [7, 11) is 0. The van der Waals surface area contributed by atoms with E-state index in [-0.39, 0.29) is 12.8 Å². The van der Waals surface area contributed by atoms with Gasteiger partial charge in [-0.2, -0.15) is 0 Å². The minimum atomic E-state index is -0.595. The van der Waals surface area contributed by atoms with Crippen LogP contribution in [-0.2, 0) is 19.1 Å². The Hall–Kier alpha value is -1.62. The van der Waals surface area contributed by atoms with Crippen molar-refractivity contribution >= 4 is 11.9 Å². The van der Waals surface area contributed by atoms with Gasteiger partial charge in [-0.05, 0) is 20.0 Å². The van der Waals surface area contributed by atoms with Crippen molar-refractivity contribution in [2.24, 2.45) is 0 Å². The van der Waals surface area contributed by atoms with Crippen LogP contribution in [-0.4, -0.2) is 42.8 Å². The van der Waals surface area contributed by atoms with Crippen LogP contribution in [0.1, 0.15) is 20.8 Å². The van der Waals surface area contributed by atoms with Gasteiger partial charge in [0.05, 0.1) is 0 Å². The Labute approximate surface area is 108 Å². The molecule has 0 heterocycles. The molecule has 0 saturated heterocycles. The zero-order valence-corrected chi connectivity index (χ0v) is 11.2. The molecule has 18 heavy (non-hydrogen) atoms. The highest BCUT2D eigenvalue weighted by Crippen LogP contribution is 2.01. The Morgan fingerprint density at radius 2 is 1.78 bits per heavy atom. The van der Waals surface area contributed by atoms with Gasteiger partial charge in [-0.1, -0.05) is 26.5 Å². The van der Waals surface area contributed by atoms with Crippen molar-refractivity contribution in [1.29, 1.82) is 0 Å². The molecule has 0 amide bonds. The van der Waals surface area contributed by atoms with Gasteiger partial charge in [0.1, 0.15) is 6.61 Å². The minimum Gasteiger partial charge on any atom is -0.458 e. The van der Waals surface area contributed by atoms with Crippen molar-refractivity contribution in [3.8, 4) is 0 Å². The van der Waals surface area contributed by atoms with Gasteiger partial charge < -0.3 is 9.47 Å². The number of hydrogen-bond donors (Lipinski definition) is 0. The molecule has 5 nitrogen and oxygen atoms in total. The Kier molecular flexibility index (Phi) is 8.57. The van der Waals surface area contributed by atoms with Crippen LogP contribution >= 0.6 is 0 Å². The zero-order chi connectivity index (χ0) is 14.0. The second kappa shape index (κ2) is 9.41. The predicted molar refractivity (Wildman–Crippen MR) is 68.8 cm³/mol. The molecular formula is C13H21NO4. The highest BCUT2D eigenvalue weighted by Gasteiger charge is 2.13. The molecule has 0 aromatic rings. The van der Waals surface area contributed by atoms with Gasteiger partial charge in [-0.15, -0.1) is 0 Å². The number of ether oxygens (including phenoxy) is 2. The fourth-order valence-electron chi connectivity index (χ4n) is 1.34. The third kappa shape index (κ3) is 6.85. The van der Waals surface area contributed by atoms with Crippen LogP contribution < -0.4 is 0 Å². The summed E-state index contributed by atoms with van der Waals surface area (Å²) in [5.41, 5.74) is 0. The predicted octanol–water partition coefficient (Wildman–Crippen LogP) is 1.50. The van der Waals surface area contributed by atoms with Crippen LogP contribution in [0, 0.1) is 0 Å². The molecule has 0 aliphatic rings. The molecule has 1 atom stereocenters. The first-order valence-electron chi connectivity index (χ1n) is 5.95. The number of esters is 2. The molecule has 5 heteroatoms. The summed E-state index contributed by atoms with van der Waals surface area (Å²) in [6, 6.07) is 0. The molecule has 0 radical (unpaired) electrons. The summed E-state index contributed by atoms with van der Waals surface area (Å²) in [5.74, 6) is -1.16. The fraction of sp³-hybridized carbons (Fsp3) is 0.538. The second-order valence-electron chi connectivity index (χ2n) is 3.51. The molecule has 0 rings (SSSR count). The molecule has 0 bridgehead atoms. The van der Waals surface area contributed by atoms with Crippen molar-refractivity contribution in [3.63, 3.8) is 0 Å². The number of hydrogen-bond acceptors (Lipinski definition) is 5. The van der Waals surface area contributed by atoms with E-state index in [0.29, 0.717) is 0 Å². The molecular weight excluding hydrogens is 234 g/mol. The number of nitrogens with zero attached hydrogens (tertiary/aromatic N) is 1. The lowest BCUT2D eigenvalue weighted by atomic mass is 10.4. The SMILES string of the molecule is C=CCOC(=O)/C=C\C(=O)OC(C)N(CC)CC. The monoisotopic (exact) mass is 255 g/mol. The molecule has 0 fully saturated rings. The van der Waals surface area contributed by atoms with Crippen molar-refractivity contribution in [2.75, 3.05) is 19.7 Å². The van der Waals surface area contributed by atoms with Gasteiger partial charge in [0.2, 0.25) is 0 Å². The minimum absolute atomic E-state index is 0.119. The maximum absolute atomic E-state index is 11.4. The Morgan fingerprint density at radius 1 is 1.22 bits per heavy atom. The second-order valence-corrected chi connectivity index (χ2v) is 3.51. The average molecular weight is 255 g/mol. The number of rotatable bonds is 8. The Morgan fingerprint density at radius 3 is 2.28 bits per heavy atom. The number of carbonyl (C=O) groups excluding carboxylic acids is 2. The molecule has 0 N–H and O–H groups in total. The van der Waals surface area contributed by atoms with Gasteiger partial charge in [-0.3, -0.25) is 4.90 Å². The Bertz CT molecular complexity index is 308. The lowest BCUT2D eigenvalue weighted by Gasteiger charge is -2.25. The smallest absolute Gasteiger partial charge is 0.332 e. The summed E-state index contributed by atoms with van der Waals surface area (Å²) in [6.07, 6.45) is 3.24. The molecule has 102 valence electrons. The maximum Gasteiger partial charge on any atom is 0.332 e. The molecule has 0 spiro atoms. The summed E-state index contributed by atoms with van der Waals surface area (Å²) < 4.78 is 9.80. The van der Waals surface area contributed by atoms with Crippen LogP contribution in [0.3, 0.4) is 0 Å². The number of carbonyl (C=O) groups is 2. The first-order chi connectivity index (χ1) is 8.54. The van der Waals surface area contributed by atoms with E-state index in [2.05, 4.69) is 11.3 Å². The van der Waals surface area contributed by atoms with Crippen LogP contribution in [0.15, 0.2) is 24.8 Å². The standard InChI is InChI=1S/C13H21NO4/c1-5-10-17-12(15)8-9-13(16)18-11(4)14(6-2)7-3/h5,8-9,11H,1,6-7,10H2,2-4H3/b9-8-. The quantitative estimate of drug-likeness (QED) is 0.285. The first kappa shape index (κ1) is 16.4. The molecule has 0 aliphatic heterocycles. The van der Waals surface area contributed by atoms with E-state index in [1.54, 1.807) is 6.92 Å². The van der Waals surface area contributed by atoms with E-state index in [1.807, 2.05) is 18.7 Å². The summed E-state index contributed by atoms with van der Waals surface area (Å²) in [4.78, 5) is 24.4. The maximum atomic E-state index is 11.4. The highest BCUT2D eigenvalue weighted by atomic mass is 16.6. The van der Waals surface area contributed by atoms with Crippen LogP contribution in [0.2, 0.25) is 0 Å². The highest BCUT2D eigenvalue weighted by molar-refractivity contribution is 5.91. The van der Waals surface area contributed by atoms with Gasteiger partial charge in [0.25, 0.3) is 0 Å². The summed E-state index contributed by atoms with van der Waals surface area (Å²) in [6.45, 7) is 10.9. The van der Waals surface area contributed by atoms with Crippen LogP contribution in [0.5, 0.6) is 0 Å². The summed E-state index contributed by atoms with van der Waals surface area (Å²) in [5, 5.41) is 0. The Balaban J connectivity index is 4.13. The van der Waals surface area contributed by atoms with Gasteiger partial charge in [-0.25, -0.2) is 9.59 Å². The lowest BCUT2D eigenvalue weighted by Crippen LogP contribution is -2.35. The van der Waals surface area contributed by atoms with Crippen molar-refractivity contribution in [1.82, 2.24) is 4.90 Å². The van der Waals surface area contributed by atoms with E-state index in [0.717, 1.165) is 25.2 Å². The third-order valence-corrected chi connectivity index (χ3v) is 2.31. The van der Waals surface area contributed by atoms with E-state index < -0.39 is 11.9 Å². The zero-order valence-electron chi connectivity index (χ0n) is 11.2. The molecule has 0 aromatic heterocycles. The fourth-order valence-corrected chi connectivity index (χ4v) is 1.34. The van der Waals surface area contributed by atoms with Crippen LogP contribution in [0.25, 0.3) is 0 Å². The van der Waals surface area contributed by atoms with E-state index in [4.69, 9.17) is 4.74 Å². The normalized spacial score (nSPS) is 12.4. The third-order valence-electron chi connectivity index (χ3n) is 2.31. The topological polar surface area (TPSA) is 55.8 Å². The van der Waals surface area contributed by atoms with Gasteiger partial charge >= 0.3 is 11.9 Å². The van der Waals surface area contributed by atoms with Crippen molar-refractivity contribution in [3.05, 3.63) is 24.8 Å². The molecule has 0 aliphatic carbocycles. The average Bonchev–Trinajstić information content (AvgIpc) is 2.35. The van der Waals surface area contributed by atoms with Gasteiger partial charge in [0, 0.05) is 12.2 Å². The van der Waals surface area contributed by atoms with Crippen LogP contribution in [0.4, 0.5) is 0 Å². The van der Waals surface area contributed by atoms with Crippen molar-refractivity contribution < 1.29 is 19.1 Å². The summed E-state index contributed by atoms with van der Waals surface area (Å²) >= 11 is 0.